The van der Waals surface area contributed by atoms with Crippen LogP contribution >= 0.6 is 0 Å². The number of carbonyl (C=O) groups is 1. The van der Waals surface area contributed by atoms with Gasteiger partial charge in [0.1, 0.15) is 0 Å². The summed E-state index contributed by atoms with van der Waals surface area (Å²) >= 11 is 0. The van der Waals surface area contributed by atoms with Crippen LogP contribution in [0.5, 0.6) is 0 Å². The molecule has 0 heterocycles. The van der Waals surface area contributed by atoms with E-state index in [2.05, 4.69) is 13.5 Å². The Kier molecular flexibility index (Phi) is 11.8. The van der Waals surface area contributed by atoms with Crippen molar-refractivity contribution in [3.63, 3.8) is 0 Å². The highest BCUT2D eigenvalue weighted by Gasteiger charge is 2.36. The summed E-state index contributed by atoms with van der Waals surface area (Å²) in [4.78, 5) is 12.1. The Labute approximate surface area is 165 Å². The molecule has 0 N–H and O–H groups in total. The number of ether oxygens (including phenoxy) is 4. The number of Topliss-reactive ketones (excluding diaryl/α,β-unsaturated/α-hetero) is 1. The molecule has 27 heavy (non-hydrogen) atoms. The van der Waals surface area contributed by atoms with Gasteiger partial charge in [0, 0.05) is 25.6 Å². The van der Waals surface area contributed by atoms with E-state index >= 15 is 0 Å². The van der Waals surface area contributed by atoms with Gasteiger partial charge in [0.25, 0.3) is 0 Å². The number of hydrogen-bond acceptors (Lipinski definition) is 5. The van der Waals surface area contributed by atoms with Crippen molar-refractivity contribution in [2.24, 2.45) is 5.92 Å². The van der Waals surface area contributed by atoms with Crippen molar-refractivity contribution in [1.29, 1.82) is 0 Å². The first kappa shape index (κ1) is 24.0. The molecule has 1 aliphatic carbocycles. The zero-order chi connectivity index (χ0) is 20.2. The highest BCUT2D eigenvalue weighted by molar-refractivity contribution is 5.98. The summed E-state index contributed by atoms with van der Waals surface area (Å²) < 4.78 is 22.9. The SMILES string of the molecule is C=C1C(=O)CC(OC(C)OCC)C1C=CC(CCCCC)OC(C)OCC. The minimum Gasteiger partial charge on any atom is -0.353 e. The van der Waals surface area contributed by atoms with E-state index in [1.54, 1.807) is 0 Å². The third-order valence-corrected chi connectivity index (χ3v) is 4.71. The summed E-state index contributed by atoms with van der Waals surface area (Å²) in [6, 6.07) is 0. The maximum Gasteiger partial charge on any atom is 0.161 e. The summed E-state index contributed by atoms with van der Waals surface area (Å²) in [6.45, 7) is 15.0. The largest absolute Gasteiger partial charge is 0.353 e. The van der Waals surface area contributed by atoms with Gasteiger partial charge in [-0.05, 0) is 39.7 Å². The normalized spacial score (nSPS) is 23.9. The van der Waals surface area contributed by atoms with Gasteiger partial charge in [-0.3, -0.25) is 4.79 Å². The van der Waals surface area contributed by atoms with Crippen molar-refractivity contribution in [1.82, 2.24) is 0 Å². The Morgan fingerprint density at radius 1 is 1.11 bits per heavy atom. The molecule has 156 valence electrons. The summed E-state index contributed by atoms with van der Waals surface area (Å²) in [6.07, 6.45) is 7.88. The molecular formula is C22H38O5. The molecule has 5 nitrogen and oxygen atoms in total. The lowest BCUT2D eigenvalue weighted by Crippen LogP contribution is -2.26. The van der Waals surface area contributed by atoms with Crippen molar-refractivity contribution in [3.05, 3.63) is 24.3 Å². The molecule has 0 amide bonds. The van der Waals surface area contributed by atoms with E-state index in [0.29, 0.717) is 25.2 Å². The standard InChI is InChI=1S/C22H38O5/c1-7-10-11-12-19(26-17(5)24-8-2)13-14-20-16(4)21(23)15-22(20)27-18(6)25-9-3/h13-14,17-20,22H,4,7-12,15H2,1-3,5-6H3. The molecule has 1 rings (SSSR count). The molecule has 5 atom stereocenters. The minimum atomic E-state index is -0.343. The Morgan fingerprint density at radius 2 is 1.78 bits per heavy atom. The van der Waals surface area contributed by atoms with Crippen molar-refractivity contribution in [2.45, 2.75) is 91.5 Å². The average molecular weight is 383 g/mol. The number of rotatable bonds is 14. The molecule has 5 unspecified atom stereocenters. The van der Waals surface area contributed by atoms with Crippen LogP contribution in [-0.4, -0.2) is 43.8 Å². The van der Waals surface area contributed by atoms with Gasteiger partial charge >= 0.3 is 0 Å². The first-order chi connectivity index (χ1) is 12.9. The lowest BCUT2D eigenvalue weighted by Gasteiger charge is -2.23. The molecule has 0 spiro atoms. The molecule has 0 aromatic carbocycles. The van der Waals surface area contributed by atoms with Crippen molar-refractivity contribution >= 4 is 5.78 Å². The monoisotopic (exact) mass is 382 g/mol. The molecule has 0 aliphatic heterocycles. The van der Waals surface area contributed by atoms with E-state index in [9.17, 15) is 4.79 Å². The quantitative estimate of drug-likeness (QED) is 0.187. The predicted octanol–water partition coefficient (Wildman–Crippen LogP) is 4.80. The topological polar surface area (TPSA) is 54.0 Å². The predicted molar refractivity (Wildman–Crippen MR) is 107 cm³/mol. The Morgan fingerprint density at radius 3 is 2.41 bits per heavy atom. The summed E-state index contributed by atoms with van der Waals surface area (Å²) in [7, 11) is 0. The Hall–Kier alpha value is -1.01. The van der Waals surface area contributed by atoms with Gasteiger partial charge < -0.3 is 18.9 Å². The van der Waals surface area contributed by atoms with E-state index in [1.165, 1.54) is 6.42 Å². The molecule has 5 heteroatoms. The highest BCUT2D eigenvalue weighted by atomic mass is 16.7. The van der Waals surface area contributed by atoms with Gasteiger partial charge in [-0.2, -0.15) is 0 Å². The average Bonchev–Trinajstić information content (AvgIpc) is 2.87. The fraction of sp³-hybridized carbons (Fsp3) is 0.773. The lowest BCUT2D eigenvalue weighted by molar-refractivity contribution is -0.161. The highest BCUT2D eigenvalue weighted by Crippen LogP contribution is 2.32. The fourth-order valence-electron chi connectivity index (χ4n) is 3.31. The molecule has 0 aromatic rings. The van der Waals surface area contributed by atoms with Gasteiger partial charge in [-0.1, -0.05) is 44.9 Å². The van der Waals surface area contributed by atoms with Crippen LogP contribution in [0.15, 0.2) is 24.3 Å². The van der Waals surface area contributed by atoms with Gasteiger partial charge in [-0.15, -0.1) is 0 Å². The maximum atomic E-state index is 12.1. The molecule has 0 saturated heterocycles. The van der Waals surface area contributed by atoms with Crippen molar-refractivity contribution in [2.75, 3.05) is 13.2 Å². The van der Waals surface area contributed by atoms with E-state index in [0.717, 1.165) is 19.3 Å². The number of carbonyl (C=O) groups excluding carboxylic acids is 1. The zero-order valence-electron chi connectivity index (χ0n) is 17.7. The first-order valence-electron chi connectivity index (χ1n) is 10.4. The van der Waals surface area contributed by atoms with Crippen molar-refractivity contribution < 1.29 is 23.7 Å². The Bertz CT molecular complexity index is 473. The first-order valence-corrected chi connectivity index (χ1v) is 10.4. The zero-order valence-corrected chi connectivity index (χ0v) is 17.7. The van der Waals surface area contributed by atoms with Crippen LogP contribution in [0, 0.1) is 5.92 Å². The van der Waals surface area contributed by atoms with E-state index in [-0.39, 0.29) is 36.5 Å². The van der Waals surface area contributed by atoms with Gasteiger partial charge in [0.15, 0.2) is 18.4 Å². The molecule has 0 aromatic heterocycles. The summed E-state index contributed by atoms with van der Waals surface area (Å²) in [5, 5.41) is 0. The second kappa shape index (κ2) is 13.2. The molecule has 0 radical (unpaired) electrons. The van der Waals surface area contributed by atoms with Crippen LogP contribution in [0.25, 0.3) is 0 Å². The number of hydrogen-bond donors (Lipinski definition) is 0. The smallest absolute Gasteiger partial charge is 0.161 e. The fourth-order valence-corrected chi connectivity index (χ4v) is 3.31. The number of unbranched alkanes of at least 4 members (excludes halogenated alkanes) is 2. The minimum absolute atomic E-state index is 0.0495. The molecule has 0 bridgehead atoms. The van der Waals surface area contributed by atoms with E-state index in [1.807, 2.05) is 39.8 Å². The van der Waals surface area contributed by atoms with E-state index in [4.69, 9.17) is 18.9 Å². The third-order valence-electron chi connectivity index (χ3n) is 4.71. The van der Waals surface area contributed by atoms with Crippen LogP contribution < -0.4 is 0 Å². The number of ketones is 1. The van der Waals surface area contributed by atoms with Crippen LogP contribution in [0.3, 0.4) is 0 Å². The second-order valence-corrected chi connectivity index (χ2v) is 6.95. The van der Waals surface area contributed by atoms with Gasteiger partial charge in [0.05, 0.1) is 12.2 Å². The summed E-state index contributed by atoms with van der Waals surface area (Å²) in [5.74, 6) is -0.0791. The molecular weight excluding hydrogens is 344 g/mol. The van der Waals surface area contributed by atoms with Gasteiger partial charge in [-0.25, -0.2) is 0 Å². The van der Waals surface area contributed by atoms with Crippen LogP contribution in [0.2, 0.25) is 0 Å². The van der Waals surface area contributed by atoms with Crippen LogP contribution in [0.1, 0.15) is 66.7 Å². The van der Waals surface area contributed by atoms with Crippen LogP contribution in [-0.2, 0) is 23.7 Å². The maximum absolute atomic E-state index is 12.1. The summed E-state index contributed by atoms with van der Waals surface area (Å²) in [5.41, 5.74) is 0.602. The van der Waals surface area contributed by atoms with Gasteiger partial charge in [0.2, 0.25) is 0 Å². The van der Waals surface area contributed by atoms with Crippen molar-refractivity contribution in [3.8, 4) is 0 Å². The lowest BCUT2D eigenvalue weighted by atomic mass is 9.99. The molecule has 1 aliphatic rings. The third kappa shape index (κ3) is 8.69. The Balaban J connectivity index is 2.78. The second-order valence-electron chi connectivity index (χ2n) is 6.95. The van der Waals surface area contributed by atoms with Crippen LogP contribution in [0.4, 0.5) is 0 Å². The van der Waals surface area contributed by atoms with E-state index < -0.39 is 0 Å². The molecule has 1 fully saturated rings. The molecule has 1 saturated carbocycles.